The topological polar surface area (TPSA) is 288 Å². The van der Waals surface area contributed by atoms with E-state index in [0.717, 1.165) is 11.6 Å². The summed E-state index contributed by atoms with van der Waals surface area (Å²) in [6.07, 6.45) is 3.11. The highest BCUT2D eigenvalue weighted by Gasteiger charge is 2.25. The predicted molar refractivity (Wildman–Crippen MR) is 238 cm³/mol. The maximum absolute atomic E-state index is 13.5. The van der Waals surface area contributed by atoms with Crippen LogP contribution in [0.25, 0.3) is 6.08 Å². The number of ether oxygens (including phenoxy) is 2. The maximum atomic E-state index is 13.5. The number of phenolic OH excluding ortho intramolecular Hbond substituents is 2. The predicted octanol–water partition coefficient (Wildman–Crippen LogP) is 5.93. The van der Waals surface area contributed by atoms with Crippen LogP contribution in [0.3, 0.4) is 0 Å². The lowest BCUT2D eigenvalue weighted by molar-refractivity contribution is -0.118. The number of unbranched alkanes of at least 4 members (excludes halogenated alkanes) is 1. The van der Waals surface area contributed by atoms with Crippen LogP contribution in [0.15, 0.2) is 103 Å². The summed E-state index contributed by atoms with van der Waals surface area (Å²) in [5, 5.41) is 53.4. The third-order valence-electron chi connectivity index (χ3n) is 9.67. The van der Waals surface area contributed by atoms with Crippen molar-refractivity contribution in [2.75, 3.05) is 42.0 Å². The molecule has 0 bridgehead atoms. The van der Waals surface area contributed by atoms with Gasteiger partial charge in [-0.2, -0.15) is 0 Å². The van der Waals surface area contributed by atoms with E-state index in [-0.39, 0.29) is 57.6 Å². The van der Waals surface area contributed by atoms with Gasteiger partial charge in [0.05, 0.1) is 31.2 Å². The summed E-state index contributed by atoms with van der Waals surface area (Å²) in [7, 11) is 2.38. The van der Waals surface area contributed by atoms with Crippen molar-refractivity contribution in [3.63, 3.8) is 0 Å². The molecule has 0 heterocycles. The molecule has 1 atom stereocenters. The van der Waals surface area contributed by atoms with Crippen molar-refractivity contribution in [1.82, 2.24) is 5.32 Å². The average Bonchev–Trinajstić information content (AvgIpc) is 3.27. The Morgan fingerprint density at radius 2 is 1.14 bits per heavy atom. The Hall–Kier alpha value is -8.38. The lowest BCUT2D eigenvalue weighted by Gasteiger charge is -2.19. The zero-order valence-corrected chi connectivity index (χ0v) is 34.9. The summed E-state index contributed by atoms with van der Waals surface area (Å²) in [5.41, 5.74) is 7.16. The number of nitrogens with two attached hydrogens (primary N) is 1. The van der Waals surface area contributed by atoms with Crippen molar-refractivity contribution in [1.29, 1.82) is 0 Å². The van der Waals surface area contributed by atoms with Gasteiger partial charge in [0.1, 0.15) is 17.4 Å². The lowest BCUT2D eigenvalue weighted by Crippen LogP contribution is -2.43. The van der Waals surface area contributed by atoms with E-state index in [9.17, 15) is 49.2 Å². The van der Waals surface area contributed by atoms with Crippen LogP contribution in [0.4, 0.5) is 22.7 Å². The van der Waals surface area contributed by atoms with Crippen LogP contribution in [0.1, 0.15) is 73.2 Å². The van der Waals surface area contributed by atoms with Crippen LogP contribution in [-0.2, 0) is 9.59 Å². The normalized spacial score (nSPS) is 11.4. The van der Waals surface area contributed by atoms with Crippen LogP contribution in [0, 0.1) is 0 Å². The first-order chi connectivity index (χ1) is 30.6. The maximum Gasteiger partial charge on any atom is 0.339 e. The smallest absolute Gasteiger partial charge is 0.339 e. The lowest BCUT2D eigenvalue weighted by atomic mass is 10.1. The number of nitrogens with one attached hydrogen (secondary N) is 5. The van der Waals surface area contributed by atoms with Crippen molar-refractivity contribution >= 4 is 64.3 Å². The second-order valence-electron chi connectivity index (χ2n) is 14.1. The second kappa shape index (κ2) is 21.4. The Morgan fingerprint density at radius 1 is 0.625 bits per heavy atom. The molecule has 5 amide bonds. The number of carboxylic acid groups (broad SMARTS) is 1. The van der Waals surface area contributed by atoms with Crippen molar-refractivity contribution in [2.24, 2.45) is 5.73 Å². The van der Waals surface area contributed by atoms with E-state index in [4.69, 9.17) is 15.2 Å². The summed E-state index contributed by atoms with van der Waals surface area (Å²) >= 11 is 0. The Labute approximate surface area is 366 Å². The van der Waals surface area contributed by atoms with Crippen molar-refractivity contribution in [2.45, 2.75) is 32.2 Å². The van der Waals surface area contributed by atoms with Gasteiger partial charge in [-0.05, 0) is 129 Å². The van der Waals surface area contributed by atoms with Crippen LogP contribution < -0.4 is 41.8 Å². The van der Waals surface area contributed by atoms with Crippen LogP contribution in [0.5, 0.6) is 28.7 Å². The molecule has 0 saturated carbocycles. The first-order valence-electron chi connectivity index (χ1n) is 19.6. The van der Waals surface area contributed by atoms with Gasteiger partial charge in [0.2, 0.25) is 5.91 Å². The van der Waals surface area contributed by atoms with E-state index >= 15 is 0 Å². The molecule has 0 aliphatic heterocycles. The summed E-state index contributed by atoms with van der Waals surface area (Å²) in [6, 6.07) is 22.2. The van der Waals surface area contributed by atoms with Gasteiger partial charge in [0.15, 0.2) is 23.0 Å². The monoisotopic (exact) mass is 874 g/mol. The summed E-state index contributed by atoms with van der Waals surface area (Å²) in [5.74, 6) is -6.14. The number of aromatic carboxylic acids is 1. The first-order valence-corrected chi connectivity index (χ1v) is 19.6. The fourth-order valence-corrected chi connectivity index (χ4v) is 6.25. The van der Waals surface area contributed by atoms with E-state index in [1.165, 1.54) is 80.9 Å². The molecule has 64 heavy (non-hydrogen) atoms. The number of hydrogen-bond acceptors (Lipinski definition) is 12. The minimum Gasteiger partial charge on any atom is -0.508 e. The molecule has 18 nitrogen and oxygen atoms in total. The molecule has 18 heteroatoms. The number of rotatable bonds is 18. The number of anilines is 4. The molecular weight excluding hydrogens is 829 g/mol. The highest BCUT2D eigenvalue weighted by Crippen LogP contribution is 2.40. The van der Waals surface area contributed by atoms with E-state index in [2.05, 4.69) is 26.6 Å². The molecule has 0 aromatic heterocycles. The number of benzene rings is 5. The number of phenols is 3. The molecule has 1 unspecified atom stereocenters. The number of hydrogen-bond donors (Lipinski definition) is 10. The number of methoxy groups -OCH3 is 2. The first kappa shape index (κ1) is 46.7. The van der Waals surface area contributed by atoms with E-state index in [1.807, 2.05) is 0 Å². The molecule has 0 aliphatic carbocycles. The molecule has 0 spiro atoms. The third kappa shape index (κ3) is 11.7. The summed E-state index contributed by atoms with van der Waals surface area (Å²) in [4.78, 5) is 77.3. The zero-order chi connectivity index (χ0) is 46.5. The third-order valence-corrected chi connectivity index (χ3v) is 9.67. The number of carboxylic acids is 1. The van der Waals surface area contributed by atoms with Crippen molar-refractivity contribution in [3.8, 4) is 28.7 Å². The van der Waals surface area contributed by atoms with Gasteiger partial charge >= 0.3 is 5.97 Å². The highest BCUT2D eigenvalue weighted by molar-refractivity contribution is 6.11. The highest BCUT2D eigenvalue weighted by atomic mass is 16.5. The molecule has 11 N–H and O–H groups in total. The number of carbonyl (C=O) groups is 6. The second-order valence-corrected chi connectivity index (χ2v) is 14.1. The Kier molecular flexibility index (Phi) is 15.6. The van der Waals surface area contributed by atoms with Gasteiger partial charge < -0.3 is 62.2 Å². The van der Waals surface area contributed by atoms with Crippen LogP contribution in [-0.4, -0.2) is 82.7 Å². The molecule has 0 aliphatic rings. The number of carbonyl (C=O) groups excluding carboxylic acids is 5. The van der Waals surface area contributed by atoms with Gasteiger partial charge in [-0.3, -0.25) is 24.0 Å². The Morgan fingerprint density at radius 3 is 1.69 bits per heavy atom. The minimum atomic E-state index is -1.42. The van der Waals surface area contributed by atoms with E-state index in [0.29, 0.717) is 36.3 Å². The summed E-state index contributed by atoms with van der Waals surface area (Å²) < 4.78 is 10.4. The average molecular weight is 875 g/mol. The fourth-order valence-electron chi connectivity index (χ4n) is 6.25. The van der Waals surface area contributed by atoms with E-state index < -0.39 is 52.7 Å². The molecule has 5 aromatic carbocycles. The van der Waals surface area contributed by atoms with Crippen LogP contribution in [0.2, 0.25) is 0 Å². The van der Waals surface area contributed by atoms with Gasteiger partial charge in [0.25, 0.3) is 23.6 Å². The largest absolute Gasteiger partial charge is 0.508 e. The molecule has 0 radical (unpaired) electrons. The fraction of sp³-hybridized carbons (Fsp3) is 0.174. The van der Waals surface area contributed by atoms with Gasteiger partial charge in [-0.1, -0.05) is 12.1 Å². The van der Waals surface area contributed by atoms with Crippen molar-refractivity contribution < 1.29 is 58.7 Å². The quantitative estimate of drug-likeness (QED) is 0.0361. The van der Waals surface area contributed by atoms with Gasteiger partial charge in [-0.15, -0.1) is 0 Å². The minimum absolute atomic E-state index is 0.00430. The number of amides is 5. The SMILES string of the molecule is COc1c(NC(=O)c2ccc(NC(=O)c3ccc(NC(=O)C(CCCCN)NC(=O)c4ccc(NC(=O)/C(C)=C/c5ccc(O)cc5)cc4)cc3)c(OC)c2O)ccc(C(=O)O)c1O. The summed E-state index contributed by atoms with van der Waals surface area (Å²) in [6.45, 7) is 2.04. The van der Waals surface area contributed by atoms with Gasteiger partial charge in [0, 0.05) is 28.1 Å². The molecule has 5 rings (SSSR count). The number of aromatic hydroxyl groups is 3. The molecule has 5 aromatic rings. The molecule has 0 fully saturated rings. The van der Waals surface area contributed by atoms with Gasteiger partial charge in [-0.25, -0.2) is 4.79 Å². The molecule has 332 valence electrons. The Balaban J connectivity index is 1.20. The molecular formula is C46H46N6O12. The zero-order valence-electron chi connectivity index (χ0n) is 34.9. The van der Waals surface area contributed by atoms with E-state index in [1.54, 1.807) is 37.3 Å². The van der Waals surface area contributed by atoms with Crippen LogP contribution >= 0.6 is 0 Å². The standard InChI is InChI=1S/C46H46N6O12/c1-25(24-26-7-17-31(53)18-8-26)41(56)48-29-13-9-28(10-14-29)43(58)52-36(6-4-5-23-47)45(60)49-30-15-11-27(12-16-30)42(57)50-34-21-19-32(37(54)39(34)63-2)44(59)51-35-22-20-33(46(61)62)38(55)40(35)64-3/h7-22,24,36,53-55H,4-6,23,47H2,1-3H3,(H,48,56)(H,49,60)(H,50,57)(H,51,59)(H,52,58)(H,61,62)/b25-24+. The van der Waals surface area contributed by atoms with Crippen molar-refractivity contribution in [3.05, 3.63) is 130 Å². The Bertz CT molecular complexity index is 2580. The molecule has 0 saturated heterocycles.